The molecule has 0 radical (unpaired) electrons. The van der Waals surface area contributed by atoms with Crippen molar-refractivity contribution in [1.29, 1.82) is 5.26 Å². The molecule has 4 N–H and O–H groups in total. The summed E-state index contributed by atoms with van der Waals surface area (Å²) in [6.45, 7) is 1.97. The summed E-state index contributed by atoms with van der Waals surface area (Å²) in [6.07, 6.45) is 1.01. The molecule has 24 heavy (non-hydrogen) atoms. The van der Waals surface area contributed by atoms with E-state index in [1.54, 1.807) is 13.0 Å². The molecule has 0 amide bonds. The number of hydrogen-bond donors (Lipinski definition) is 4. The van der Waals surface area contributed by atoms with Crippen LogP contribution in [0.2, 0.25) is 0 Å². The average Bonchev–Trinajstić information content (AvgIpc) is 2.50. The molecule has 0 unspecified atom stereocenters. The third-order valence-corrected chi connectivity index (χ3v) is 2.96. The van der Waals surface area contributed by atoms with Crippen molar-refractivity contribution in [2.24, 2.45) is 5.10 Å². The molecule has 2 rings (SSSR count). The Bertz CT molecular complexity index is 938. The van der Waals surface area contributed by atoms with Gasteiger partial charge >= 0.3 is 5.69 Å². The Kier molecular flexibility index (Phi) is 5.08. The van der Waals surface area contributed by atoms with Gasteiger partial charge in [0.15, 0.2) is 5.82 Å². The Balaban J connectivity index is 2.35. The van der Waals surface area contributed by atoms with Crippen LogP contribution in [0.25, 0.3) is 0 Å². The summed E-state index contributed by atoms with van der Waals surface area (Å²) >= 11 is 0. The van der Waals surface area contributed by atoms with Gasteiger partial charge in [0, 0.05) is 18.4 Å². The fourth-order valence-electron chi connectivity index (χ4n) is 1.98. The quantitative estimate of drug-likeness (QED) is 0.441. The van der Waals surface area contributed by atoms with Crippen molar-refractivity contribution >= 4 is 12.0 Å². The number of anilines is 1. The van der Waals surface area contributed by atoms with Crippen LogP contribution < -0.4 is 16.7 Å². The smallest absolute Gasteiger partial charge is 0.328 e. The Morgan fingerprint density at radius 1 is 1.50 bits per heavy atom. The largest absolute Gasteiger partial charge is 0.494 e. The van der Waals surface area contributed by atoms with Gasteiger partial charge in [0.05, 0.1) is 12.8 Å². The molecule has 0 fully saturated rings. The molecular formula is C14H14N6O4. The van der Waals surface area contributed by atoms with Crippen LogP contribution in [0, 0.1) is 18.3 Å². The number of nitrogens with one attached hydrogen (secondary N) is 3. The zero-order valence-corrected chi connectivity index (χ0v) is 12.9. The second-order valence-electron chi connectivity index (χ2n) is 4.73. The number of nitrogens with zero attached hydrogens (tertiary/aromatic N) is 3. The Morgan fingerprint density at radius 2 is 2.25 bits per heavy atom. The summed E-state index contributed by atoms with van der Waals surface area (Å²) in [5, 5.41) is 22.6. The Labute approximate surface area is 135 Å². The minimum absolute atomic E-state index is 0.182. The second-order valence-corrected chi connectivity index (χ2v) is 4.73. The highest BCUT2D eigenvalue weighted by Crippen LogP contribution is 2.19. The fourth-order valence-corrected chi connectivity index (χ4v) is 1.98. The monoisotopic (exact) mass is 330 g/mol. The van der Waals surface area contributed by atoms with Crippen molar-refractivity contribution < 1.29 is 9.84 Å². The Morgan fingerprint density at radius 3 is 2.88 bits per heavy atom. The van der Waals surface area contributed by atoms with E-state index < -0.39 is 17.1 Å². The van der Waals surface area contributed by atoms with Crippen molar-refractivity contribution in [3.63, 3.8) is 0 Å². The predicted molar refractivity (Wildman–Crippen MR) is 85.0 cm³/mol. The molecule has 0 aliphatic carbocycles. The molecule has 124 valence electrons. The summed E-state index contributed by atoms with van der Waals surface area (Å²) in [6, 6.07) is 3.73. The lowest BCUT2D eigenvalue weighted by Gasteiger charge is -2.09. The van der Waals surface area contributed by atoms with E-state index in [9.17, 15) is 20.0 Å². The van der Waals surface area contributed by atoms with Crippen LogP contribution in [0.5, 0.6) is 5.88 Å². The van der Waals surface area contributed by atoms with Gasteiger partial charge in [0.1, 0.15) is 17.2 Å². The number of aromatic amines is 2. The maximum absolute atomic E-state index is 11.6. The number of ether oxygens (including phenoxy) is 1. The van der Waals surface area contributed by atoms with E-state index in [2.05, 4.69) is 15.5 Å². The highest BCUT2D eigenvalue weighted by atomic mass is 16.5. The van der Waals surface area contributed by atoms with Gasteiger partial charge in [-0.1, -0.05) is 0 Å². The molecular weight excluding hydrogens is 316 g/mol. The standard InChI is InChI=1S/C14H14N6O4/c1-7-3-8(6-24-2)9(4-15)11(17-7)20-16-5-10-12(21)18-14(23)19-13(10)22/h3,5H,6H2,1-2H3,(H,17,20)(H3,18,19,21,22,23)/b16-5+. The number of pyridine rings is 1. The van der Waals surface area contributed by atoms with Crippen LogP contribution in [0.1, 0.15) is 22.4 Å². The maximum Gasteiger partial charge on any atom is 0.328 e. The van der Waals surface area contributed by atoms with E-state index in [4.69, 9.17) is 4.74 Å². The first-order chi connectivity index (χ1) is 11.5. The zero-order valence-electron chi connectivity index (χ0n) is 12.9. The molecule has 10 heteroatoms. The van der Waals surface area contributed by atoms with E-state index in [0.29, 0.717) is 11.3 Å². The average molecular weight is 330 g/mol. The molecule has 0 atom stereocenters. The van der Waals surface area contributed by atoms with E-state index in [0.717, 1.165) is 6.21 Å². The number of aryl methyl sites for hydroxylation is 1. The van der Waals surface area contributed by atoms with Crippen molar-refractivity contribution in [1.82, 2.24) is 15.0 Å². The summed E-state index contributed by atoms with van der Waals surface area (Å²) in [7, 11) is 1.51. The molecule has 2 aromatic heterocycles. The number of aromatic hydroxyl groups is 1. The van der Waals surface area contributed by atoms with Crippen LogP contribution in [-0.4, -0.2) is 33.4 Å². The summed E-state index contributed by atoms with van der Waals surface area (Å²) < 4.78 is 5.04. The molecule has 0 saturated carbocycles. The number of methoxy groups -OCH3 is 1. The van der Waals surface area contributed by atoms with Gasteiger partial charge in [0.2, 0.25) is 5.88 Å². The maximum atomic E-state index is 11.6. The van der Waals surface area contributed by atoms with Gasteiger partial charge in [-0.3, -0.25) is 20.2 Å². The first-order valence-electron chi connectivity index (χ1n) is 6.70. The summed E-state index contributed by atoms with van der Waals surface area (Å²) in [5.41, 5.74) is 2.19. The zero-order chi connectivity index (χ0) is 17.7. The van der Waals surface area contributed by atoms with Crippen molar-refractivity contribution in [2.45, 2.75) is 13.5 Å². The van der Waals surface area contributed by atoms with E-state index >= 15 is 0 Å². The molecule has 0 aromatic carbocycles. The van der Waals surface area contributed by atoms with Gasteiger partial charge < -0.3 is 9.84 Å². The van der Waals surface area contributed by atoms with E-state index in [1.807, 2.05) is 16.0 Å². The van der Waals surface area contributed by atoms with E-state index in [-0.39, 0.29) is 23.6 Å². The topological polar surface area (TPSA) is 156 Å². The molecule has 0 aliphatic rings. The van der Waals surface area contributed by atoms with Crippen LogP contribution in [0.15, 0.2) is 20.8 Å². The minimum Gasteiger partial charge on any atom is -0.494 e. The normalized spacial score (nSPS) is 10.7. The number of hydrazone groups is 1. The first-order valence-corrected chi connectivity index (χ1v) is 6.70. The van der Waals surface area contributed by atoms with Crippen molar-refractivity contribution in [3.8, 4) is 11.9 Å². The van der Waals surface area contributed by atoms with Crippen LogP contribution in [-0.2, 0) is 11.3 Å². The molecule has 0 aliphatic heterocycles. The van der Waals surface area contributed by atoms with Gasteiger partial charge in [0.25, 0.3) is 5.56 Å². The highest BCUT2D eigenvalue weighted by Gasteiger charge is 2.11. The molecule has 2 aromatic rings. The van der Waals surface area contributed by atoms with Crippen LogP contribution in [0.4, 0.5) is 5.82 Å². The first kappa shape index (κ1) is 16.9. The second kappa shape index (κ2) is 7.21. The molecule has 0 spiro atoms. The summed E-state index contributed by atoms with van der Waals surface area (Å²) in [4.78, 5) is 30.7. The van der Waals surface area contributed by atoms with Gasteiger partial charge in [-0.25, -0.2) is 9.78 Å². The third kappa shape index (κ3) is 3.65. The third-order valence-electron chi connectivity index (χ3n) is 2.96. The lowest BCUT2D eigenvalue weighted by molar-refractivity contribution is 0.184. The van der Waals surface area contributed by atoms with Gasteiger partial charge in [-0.05, 0) is 13.0 Å². The molecule has 10 nitrogen and oxygen atoms in total. The number of aromatic nitrogens is 3. The lowest BCUT2D eigenvalue weighted by Crippen LogP contribution is -2.25. The minimum atomic E-state index is -0.834. The predicted octanol–water partition coefficient (Wildman–Crippen LogP) is -0.0637. The SMILES string of the molecule is COCc1cc(C)nc(N/N=C/c2c(O)[nH]c(=O)[nH]c2=O)c1C#N. The van der Waals surface area contributed by atoms with Crippen LogP contribution >= 0.6 is 0 Å². The van der Waals surface area contributed by atoms with Gasteiger partial charge in [-0.2, -0.15) is 10.4 Å². The summed E-state index contributed by atoms with van der Waals surface area (Å²) in [5.74, 6) is -0.437. The number of nitriles is 1. The van der Waals surface area contributed by atoms with E-state index in [1.165, 1.54) is 7.11 Å². The molecule has 0 bridgehead atoms. The van der Waals surface area contributed by atoms with Crippen molar-refractivity contribution in [2.75, 3.05) is 12.5 Å². The molecule has 0 saturated heterocycles. The van der Waals surface area contributed by atoms with Crippen LogP contribution in [0.3, 0.4) is 0 Å². The lowest BCUT2D eigenvalue weighted by atomic mass is 10.1. The number of rotatable bonds is 5. The Hall–Kier alpha value is -3.45. The van der Waals surface area contributed by atoms with Crippen molar-refractivity contribution in [3.05, 3.63) is 49.3 Å². The molecule has 2 heterocycles. The highest BCUT2D eigenvalue weighted by molar-refractivity contribution is 5.82. The fraction of sp³-hybridized carbons (Fsp3) is 0.214. The van der Waals surface area contributed by atoms with Gasteiger partial charge in [-0.15, -0.1) is 0 Å². The number of H-pyrrole nitrogens is 2. The number of hydrogen-bond acceptors (Lipinski definition) is 8.